The summed E-state index contributed by atoms with van der Waals surface area (Å²) >= 11 is 3.17. The van der Waals surface area contributed by atoms with Crippen LogP contribution in [0.25, 0.3) is 0 Å². The van der Waals surface area contributed by atoms with Gasteiger partial charge in [-0.2, -0.15) is 0 Å². The van der Waals surface area contributed by atoms with Crippen molar-refractivity contribution in [1.29, 1.82) is 0 Å². The van der Waals surface area contributed by atoms with Gasteiger partial charge in [0.25, 0.3) is 0 Å². The van der Waals surface area contributed by atoms with Crippen molar-refractivity contribution in [1.82, 2.24) is 15.1 Å². The van der Waals surface area contributed by atoms with Crippen LogP contribution >= 0.6 is 15.9 Å². The summed E-state index contributed by atoms with van der Waals surface area (Å²) in [5.74, 6) is -0.502. The lowest BCUT2D eigenvalue weighted by Gasteiger charge is -2.35. The maximum atomic E-state index is 13.7. The number of rotatable bonds is 4. The van der Waals surface area contributed by atoms with Gasteiger partial charge in [-0.05, 0) is 39.0 Å². The summed E-state index contributed by atoms with van der Waals surface area (Å²) in [6, 6.07) is 3.99. The van der Waals surface area contributed by atoms with Crippen molar-refractivity contribution in [2.75, 3.05) is 44.6 Å². The molecule has 2 rings (SSSR count). The van der Waals surface area contributed by atoms with Gasteiger partial charge in [0.15, 0.2) is 0 Å². The largest absolute Gasteiger partial charge is 0.444 e. The van der Waals surface area contributed by atoms with E-state index in [1.165, 1.54) is 12.1 Å². The Labute approximate surface area is 167 Å². The molecule has 0 spiro atoms. The normalized spacial score (nSPS) is 15.4. The lowest BCUT2D eigenvalue weighted by Crippen LogP contribution is -2.51. The van der Waals surface area contributed by atoms with Gasteiger partial charge in [-0.3, -0.25) is 4.90 Å². The minimum absolute atomic E-state index is 0.127. The number of piperazine rings is 1. The first-order valence-electron chi connectivity index (χ1n) is 8.84. The second-order valence-corrected chi connectivity index (χ2v) is 8.23. The van der Waals surface area contributed by atoms with Crippen LogP contribution in [0.5, 0.6) is 0 Å². The van der Waals surface area contributed by atoms with E-state index < -0.39 is 17.4 Å². The number of carbonyl (C=O) groups is 2. The predicted molar refractivity (Wildman–Crippen MR) is 105 cm³/mol. The maximum Gasteiger partial charge on any atom is 0.410 e. The molecule has 1 aliphatic rings. The molecule has 1 aromatic rings. The summed E-state index contributed by atoms with van der Waals surface area (Å²) in [6.07, 6.45) is -0.295. The molecule has 1 fully saturated rings. The Bertz CT molecular complexity index is 673. The van der Waals surface area contributed by atoms with Crippen LogP contribution in [0.4, 0.5) is 19.7 Å². The fraction of sp³-hybridized carbons (Fsp3) is 0.556. The Balaban J connectivity index is 1.66. The van der Waals surface area contributed by atoms with E-state index in [-0.39, 0.29) is 11.8 Å². The van der Waals surface area contributed by atoms with Gasteiger partial charge >= 0.3 is 12.1 Å². The second-order valence-electron chi connectivity index (χ2n) is 7.31. The van der Waals surface area contributed by atoms with Crippen LogP contribution in [-0.4, -0.2) is 66.8 Å². The number of carbonyl (C=O) groups excluding carboxylic acids is 2. The van der Waals surface area contributed by atoms with Crippen molar-refractivity contribution in [3.05, 3.63) is 28.5 Å². The van der Waals surface area contributed by atoms with E-state index in [0.717, 1.165) is 0 Å². The van der Waals surface area contributed by atoms with Gasteiger partial charge in [-0.25, -0.2) is 14.0 Å². The third-order valence-electron chi connectivity index (χ3n) is 3.92. The summed E-state index contributed by atoms with van der Waals surface area (Å²) < 4.78 is 19.7. The molecule has 3 amide bonds. The van der Waals surface area contributed by atoms with Gasteiger partial charge in [0.1, 0.15) is 11.4 Å². The van der Waals surface area contributed by atoms with Gasteiger partial charge in [-0.1, -0.05) is 15.9 Å². The van der Waals surface area contributed by atoms with Crippen molar-refractivity contribution >= 4 is 33.7 Å². The van der Waals surface area contributed by atoms with E-state index in [1.807, 2.05) is 20.8 Å². The molecular weight excluding hydrogens is 419 g/mol. The van der Waals surface area contributed by atoms with Crippen LogP contribution in [0, 0.1) is 5.82 Å². The van der Waals surface area contributed by atoms with E-state index in [2.05, 4.69) is 31.5 Å². The molecule has 27 heavy (non-hydrogen) atoms. The number of ether oxygens (including phenoxy) is 1. The lowest BCUT2D eigenvalue weighted by atomic mass is 10.2. The first-order chi connectivity index (χ1) is 12.6. The summed E-state index contributed by atoms with van der Waals surface area (Å²) in [7, 11) is 0. The standard InChI is InChI=1S/C18H26BrFN4O3/c1-18(2,3)27-17(26)24-10-8-23(9-11-24)7-6-21-16(25)22-15-5-4-13(19)12-14(15)20/h4-5,12H,6-11H2,1-3H3,(H2,21,22,25). The Morgan fingerprint density at radius 3 is 2.48 bits per heavy atom. The van der Waals surface area contributed by atoms with Crippen LogP contribution < -0.4 is 10.6 Å². The highest BCUT2D eigenvalue weighted by molar-refractivity contribution is 9.10. The van der Waals surface area contributed by atoms with Crippen LogP contribution in [0.15, 0.2) is 22.7 Å². The molecular formula is C18H26BrFN4O3. The molecule has 150 valence electrons. The Morgan fingerprint density at radius 1 is 1.22 bits per heavy atom. The molecule has 9 heteroatoms. The number of hydrogen-bond acceptors (Lipinski definition) is 4. The summed E-state index contributed by atoms with van der Waals surface area (Å²) in [4.78, 5) is 27.8. The van der Waals surface area contributed by atoms with Crippen LogP contribution in [0.3, 0.4) is 0 Å². The Morgan fingerprint density at radius 2 is 1.89 bits per heavy atom. The minimum Gasteiger partial charge on any atom is -0.444 e. The molecule has 0 atom stereocenters. The highest BCUT2D eigenvalue weighted by Crippen LogP contribution is 2.19. The van der Waals surface area contributed by atoms with Gasteiger partial charge in [0.05, 0.1) is 5.69 Å². The quantitative estimate of drug-likeness (QED) is 0.747. The van der Waals surface area contributed by atoms with Gasteiger partial charge in [0, 0.05) is 43.7 Å². The number of hydrogen-bond donors (Lipinski definition) is 2. The first-order valence-corrected chi connectivity index (χ1v) is 9.63. The van der Waals surface area contributed by atoms with E-state index in [4.69, 9.17) is 4.74 Å². The molecule has 1 heterocycles. The molecule has 1 saturated heterocycles. The summed E-state index contributed by atoms with van der Waals surface area (Å²) in [5.41, 5.74) is -0.374. The van der Waals surface area contributed by atoms with Gasteiger partial charge < -0.3 is 20.3 Å². The molecule has 0 aliphatic carbocycles. The van der Waals surface area contributed by atoms with Crippen LogP contribution in [0.1, 0.15) is 20.8 Å². The Hall–Kier alpha value is -1.87. The average Bonchev–Trinajstić information content (AvgIpc) is 2.56. The zero-order valence-electron chi connectivity index (χ0n) is 15.8. The zero-order valence-corrected chi connectivity index (χ0v) is 17.4. The third kappa shape index (κ3) is 7.34. The number of halogens is 2. The Kier molecular flexibility index (Phi) is 7.43. The molecule has 0 saturated carbocycles. The molecule has 0 unspecified atom stereocenters. The molecule has 0 radical (unpaired) electrons. The van der Waals surface area contributed by atoms with Gasteiger partial charge in [0.2, 0.25) is 0 Å². The average molecular weight is 445 g/mol. The van der Waals surface area contributed by atoms with Gasteiger partial charge in [-0.15, -0.1) is 0 Å². The van der Waals surface area contributed by atoms with Crippen molar-refractivity contribution < 1.29 is 18.7 Å². The lowest BCUT2D eigenvalue weighted by molar-refractivity contribution is 0.0147. The molecule has 0 bridgehead atoms. The van der Waals surface area contributed by atoms with Crippen LogP contribution in [0.2, 0.25) is 0 Å². The zero-order chi connectivity index (χ0) is 20.0. The summed E-state index contributed by atoms with van der Waals surface area (Å²) in [6.45, 7) is 9.22. The third-order valence-corrected chi connectivity index (χ3v) is 4.41. The van der Waals surface area contributed by atoms with Crippen molar-refractivity contribution in [2.24, 2.45) is 0 Å². The molecule has 2 N–H and O–H groups in total. The minimum atomic E-state index is -0.502. The SMILES string of the molecule is CC(C)(C)OC(=O)N1CCN(CCNC(=O)Nc2ccc(Br)cc2F)CC1. The van der Waals surface area contributed by atoms with E-state index in [1.54, 1.807) is 11.0 Å². The summed E-state index contributed by atoms with van der Waals surface area (Å²) in [5, 5.41) is 5.20. The molecule has 1 aliphatic heterocycles. The monoisotopic (exact) mass is 444 g/mol. The van der Waals surface area contributed by atoms with E-state index in [9.17, 15) is 14.0 Å². The highest BCUT2D eigenvalue weighted by atomic mass is 79.9. The van der Waals surface area contributed by atoms with Crippen molar-refractivity contribution in [2.45, 2.75) is 26.4 Å². The van der Waals surface area contributed by atoms with E-state index in [0.29, 0.717) is 43.7 Å². The number of nitrogens with zero attached hydrogens (tertiary/aromatic N) is 2. The van der Waals surface area contributed by atoms with Crippen LogP contribution in [-0.2, 0) is 4.74 Å². The van der Waals surface area contributed by atoms with Crippen molar-refractivity contribution in [3.8, 4) is 0 Å². The number of anilines is 1. The number of nitrogens with one attached hydrogen (secondary N) is 2. The first kappa shape index (κ1) is 21.4. The number of benzene rings is 1. The highest BCUT2D eigenvalue weighted by Gasteiger charge is 2.25. The molecule has 1 aromatic carbocycles. The fourth-order valence-corrected chi connectivity index (χ4v) is 2.90. The fourth-order valence-electron chi connectivity index (χ4n) is 2.57. The number of amides is 3. The maximum absolute atomic E-state index is 13.7. The van der Waals surface area contributed by atoms with E-state index >= 15 is 0 Å². The molecule has 7 nitrogen and oxygen atoms in total. The smallest absolute Gasteiger partial charge is 0.410 e. The molecule has 0 aromatic heterocycles. The van der Waals surface area contributed by atoms with Crippen molar-refractivity contribution in [3.63, 3.8) is 0 Å². The topological polar surface area (TPSA) is 73.9 Å². The number of urea groups is 1. The predicted octanol–water partition coefficient (Wildman–Crippen LogP) is 3.26. The second kappa shape index (κ2) is 9.36.